The number of para-hydroxylation sites is 1. The van der Waals surface area contributed by atoms with Crippen molar-refractivity contribution < 1.29 is 41.6 Å². The van der Waals surface area contributed by atoms with Crippen LogP contribution in [-0.4, -0.2) is 63.7 Å². The minimum atomic E-state index is -3.89. The minimum absolute atomic E-state index is 0.160. The quantitative estimate of drug-likeness (QED) is 0.255. The number of aromatic nitrogens is 2. The summed E-state index contributed by atoms with van der Waals surface area (Å²) in [5.74, 6) is -0.578. The zero-order chi connectivity index (χ0) is 29.1. The van der Waals surface area contributed by atoms with Crippen LogP contribution in [0.4, 0.5) is 13.2 Å². The van der Waals surface area contributed by atoms with Crippen LogP contribution >= 0.6 is 18.2 Å². The summed E-state index contributed by atoms with van der Waals surface area (Å²) >= 11 is 11.2. The van der Waals surface area contributed by atoms with Crippen LogP contribution in [0.25, 0.3) is 0 Å². The van der Waals surface area contributed by atoms with Gasteiger partial charge in [0.25, 0.3) is 12.0 Å². The Labute approximate surface area is 230 Å². The molecule has 216 valence electrons. The second-order valence-corrected chi connectivity index (χ2v) is 12.4. The Bertz CT molecular complexity index is 1330. The van der Waals surface area contributed by atoms with Gasteiger partial charge in [0.05, 0.1) is 12.7 Å². The van der Waals surface area contributed by atoms with E-state index in [1.54, 1.807) is 37.0 Å². The van der Waals surface area contributed by atoms with Crippen LogP contribution in [0.15, 0.2) is 46.1 Å². The molecule has 2 heterocycles. The molecular weight excluding hydrogens is 590 g/mol. The second-order valence-electron chi connectivity index (χ2n) is 8.81. The average molecular weight is 616 g/mol. The summed E-state index contributed by atoms with van der Waals surface area (Å²) in [7, 11) is 0. The molecule has 6 unspecified atom stereocenters. The fraction of sp³-hybridized carbons (Fsp3) is 0.500. The molecule has 0 aliphatic carbocycles. The highest BCUT2D eigenvalue weighted by molar-refractivity contribution is 8.09. The summed E-state index contributed by atoms with van der Waals surface area (Å²) in [5.41, 5.74) is -5.25. The number of nitrogens with one attached hydrogen (secondary N) is 2. The molecule has 1 saturated heterocycles. The molecule has 17 heteroatoms. The zero-order valence-corrected chi connectivity index (χ0v) is 23.2. The molecule has 3 N–H and O–H groups in total. The molecule has 0 saturated carbocycles. The molecule has 39 heavy (non-hydrogen) atoms. The maximum Gasteiger partial charge on any atom is 0.330 e. The van der Waals surface area contributed by atoms with Crippen molar-refractivity contribution in [2.75, 3.05) is 6.61 Å². The van der Waals surface area contributed by atoms with E-state index in [-0.39, 0.29) is 5.75 Å². The van der Waals surface area contributed by atoms with Crippen molar-refractivity contribution in [3.8, 4) is 5.75 Å². The van der Waals surface area contributed by atoms with Gasteiger partial charge in [0.15, 0.2) is 18.0 Å². The molecule has 0 radical (unpaired) electrons. The molecule has 1 aromatic carbocycles. The fourth-order valence-corrected chi connectivity index (χ4v) is 6.10. The predicted molar refractivity (Wildman–Crippen MR) is 137 cm³/mol. The largest absolute Gasteiger partial charge is 0.462 e. The van der Waals surface area contributed by atoms with E-state index in [2.05, 4.69) is 5.09 Å². The topological polar surface area (TPSA) is 141 Å². The van der Waals surface area contributed by atoms with Crippen molar-refractivity contribution in [1.29, 1.82) is 0 Å². The van der Waals surface area contributed by atoms with Crippen molar-refractivity contribution in [2.24, 2.45) is 0 Å². The Morgan fingerprint density at radius 2 is 1.95 bits per heavy atom. The van der Waals surface area contributed by atoms with Gasteiger partial charge < -0.3 is 23.6 Å². The molecule has 1 aliphatic rings. The lowest BCUT2D eigenvalue weighted by atomic mass is 9.97. The zero-order valence-electron chi connectivity index (χ0n) is 20.8. The monoisotopic (exact) mass is 615 g/mol. The van der Waals surface area contributed by atoms with Gasteiger partial charge >= 0.3 is 18.3 Å². The predicted octanol–water partition coefficient (Wildman–Crippen LogP) is 2.67. The van der Waals surface area contributed by atoms with Crippen molar-refractivity contribution in [1.82, 2.24) is 14.6 Å². The van der Waals surface area contributed by atoms with Crippen molar-refractivity contribution in [3.63, 3.8) is 0 Å². The first kappa shape index (κ1) is 31.3. The van der Waals surface area contributed by atoms with Gasteiger partial charge in [0, 0.05) is 6.20 Å². The third kappa shape index (κ3) is 7.09. The van der Waals surface area contributed by atoms with Gasteiger partial charge in [0.1, 0.15) is 22.9 Å². The summed E-state index contributed by atoms with van der Waals surface area (Å²) in [4.78, 5) is 37.9. The highest BCUT2D eigenvalue weighted by Crippen LogP contribution is 2.49. The number of rotatable bonds is 11. The number of aromatic amines is 1. The Morgan fingerprint density at radius 3 is 2.54 bits per heavy atom. The Kier molecular flexibility index (Phi) is 10.0. The number of aliphatic hydroxyl groups excluding tert-OH is 1. The van der Waals surface area contributed by atoms with E-state index in [1.807, 2.05) is 0 Å². The SMILES string of the molecule is CC(C)OC(=O)C(C)NP(=S)(OCC1(C(F)F)OC(n2cc(Cl)c(=O)[nH]c2=O)C(F)C1O)Oc1ccccc1. The van der Waals surface area contributed by atoms with E-state index < -0.39 is 78.2 Å². The Balaban J connectivity index is 1.92. The number of hydrogen-bond acceptors (Lipinski definition) is 9. The molecule has 2 aromatic rings. The third-order valence-corrected chi connectivity index (χ3v) is 8.22. The summed E-state index contributed by atoms with van der Waals surface area (Å²) in [6, 6.07) is 6.74. The number of esters is 1. The molecule has 0 amide bonds. The number of nitrogens with zero attached hydrogens (tertiary/aromatic N) is 1. The van der Waals surface area contributed by atoms with E-state index in [0.29, 0.717) is 10.8 Å². The van der Waals surface area contributed by atoms with E-state index in [9.17, 15) is 28.3 Å². The maximum absolute atomic E-state index is 15.2. The molecule has 1 aromatic heterocycles. The smallest absolute Gasteiger partial charge is 0.330 e. The number of halogens is 4. The molecular formula is C22H26ClF3N3O8PS. The molecule has 1 fully saturated rings. The normalized spacial score (nSPS) is 25.4. The van der Waals surface area contributed by atoms with E-state index >= 15 is 4.39 Å². The lowest BCUT2D eigenvalue weighted by Crippen LogP contribution is -2.52. The number of H-pyrrole nitrogens is 1. The molecule has 0 bridgehead atoms. The highest BCUT2D eigenvalue weighted by atomic mass is 35.5. The first-order chi connectivity index (χ1) is 18.2. The second kappa shape index (κ2) is 12.5. The lowest BCUT2D eigenvalue weighted by molar-refractivity contribution is -0.192. The van der Waals surface area contributed by atoms with E-state index in [4.69, 9.17) is 41.9 Å². The molecule has 0 spiro atoms. The van der Waals surface area contributed by atoms with Gasteiger partial charge in [-0.2, -0.15) is 0 Å². The summed E-state index contributed by atoms with van der Waals surface area (Å²) in [6.45, 7) is -0.498. The molecule has 1 aliphatic heterocycles. The number of carbonyl (C=O) groups excluding carboxylic acids is 1. The Hall–Kier alpha value is -2.26. The van der Waals surface area contributed by atoms with E-state index in [0.717, 1.165) is 0 Å². The summed E-state index contributed by atoms with van der Waals surface area (Å²) in [5, 5.41) is 12.6. The van der Waals surface area contributed by atoms with Gasteiger partial charge in [-0.15, -0.1) is 0 Å². The number of carbonyl (C=O) groups is 1. The highest BCUT2D eigenvalue weighted by Gasteiger charge is 2.62. The van der Waals surface area contributed by atoms with Crippen LogP contribution in [0.2, 0.25) is 5.02 Å². The number of aliphatic hydroxyl groups is 1. The summed E-state index contributed by atoms with van der Waals surface area (Å²) < 4.78 is 66.1. The van der Waals surface area contributed by atoms with E-state index in [1.165, 1.54) is 19.1 Å². The number of alkyl halides is 3. The Morgan fingerprint density at radius 1 is 1.31 bits per heavy atom. The van der Waals surface area contributed by atoms with Gasteiger partial charge in [-0.1, -0.05) is 29.8 Å². The van der Waals surface area contributed by atoms with Crippen molar-refractivity contribution in [3.05, 3.63) is 62.4 Å². The number of ether oxygens (including phenoxy) is 2. The minimum Gasteiger partial charge on any atom is -0.462 e. The van der Waals surface area contributed by atoms with Gasteiger partial charge in [-0.05, 0) is 44.7 Å². The molecule has 6 atom stereocenters. The maximum atomic E-state index is 15.2. The van der Waals surface area contributed by atoms with Crippen LogP contribution in [0, 0.1) is 0 Å². The summed E-state index contributed by atoms with van der Waals surface area (Å²) in [6.07, 6.45) is -10.6. The van der Waals surface area contributed by atoms with Crippen LogP contribution in [0.5, 0.6) is 5.75 Å². The number of benzene rings is 1. The molecule has 11 nitrogen and oxygen atoms in total. The van der Waals surface area contributed by atoms with Gasteiger partial charge in [-0.25, -0.2) is 23.1 Å². The average Bonchev–Trinajstić information content (AvgIpc) is 3.11. The third-order valence-electron chi connectivity index (χ3n) is 5.47. The lowest BCUT2D eigenvalue weighted by Gasteiger charge is -2.34. The van der Waals surface area contributed by atoms with Crippen molar-refractivity contribution >= 4 is 36.0 Å². The van der Waals surface area contributed by atoms with Crippen molar-refractivity contribution in [2.45, 2.75) is 63.4 Å². The molecule has 3 rings (SSSR count). The van der Waals surface area contributed by atoms with Gasteiger partial charge in [0.2, 0.25) is 0 Å². The van der Waals surface area contributed by atoms with Crippen LogP contribution < -0.4 is 20.9 Å². The van der Waals surface area contributed by atoms with Gasteiger partial charge in [-0.3, -0.25) is 19.1 Å². The van der Waals surface area contributed by atoms with Crippen LogP contribution in [-0.2, 0) is 30.6 Å². The first-order valence-corrected chi connectivity index (χ1v) is 14.5. The first-order valence-electron chi connectivity index (χ1n) is 11.5. The standard InChI is InChI=1S/C22H26ClF3N3O8PS/c1-11(2)35-19(32)12(3)28-38(39,37-13-7-5-4-6-8-13)34-10-22(20(25)26)16(30)15(24)18(36-22)29-9-14(23)17(31)27-21(29)33/h4-9,11-12,15-16,18,20,30H,10H2,1-3H3,(H,28,39)(H,27,31,33). The number of hydrogen-bond donors (Lipinski definition) is 3. The fourth-order valence-electron chi connectivity index (χ4n) is 3.53. The van der Waals surface area contributed by atoms with Crippen LogP contribution in [0.1, 0.15) is 27.0 Å². The van der Waals surface area contributed by atoms with Crippen LogP contribution in [0.3, 0.4) is 0 Å².